The predicted octanol–water partition coefficient (Wildman–Crippen LogP) is 1.77. The number of nitrogens with zero attached hydrogens (tertiary/aromatic N) is 2. The fraction of sp³-hybridized carbons (Fsp3) is 0.778. The molecule has 1 aromatic heterocycles. The first-order chi connectivity index (χ1) is 8.03. The summed E-state index contributed by atoms with van der Waals surface area (Å²) in [5.74, 6) is 0.343. The molecule has 0 radical (unpaired) electrons. The quantitative estimate of drug-likeness (QED) is 0.781. The number of alkyl halides is 3. The first kappa shape index (κ1) is 12.2. The average Bonchev–Trinajstić information content (AvgIpc) is 2.91. The highest BCUT2D eigenvalue weighted by molar-refractivity contribution is 5.23. The third-order valence-electron chi connectivity index (χ3n) is 2.11. The fourth-order valence-electron chi connectivity index (χ4n) is 1.17. The van der Waals surface area contributed by atoms with E-state index < -0.39 is 12.8 Å². The molecule has 1 aliphatic rings. The first-order valence-electron chi connectivity index (χ1n) is 5.26. The maximum atomic E-state index is 11.8. The molecule has 0 bridgehead atoms. The smallest absolute Gasteiger partial charge is 0.372 e. The number of hydrogen-bond acceptors (Lipinski definition) is 5. The summed E-state index contributed by atoms with van der Waals surface area (Å²) < 4.78 is 44.6. The van der Waals surface area contributed by atoms with Gasteiger partial charge in [-0.3, -0.25) is 0 Å². The molecule has 0 aromatic carbocycles. The van der Waals surface area contributed by atoms with E-state index >= 15 is 0 Å². The number of ether oxygens (including phenoxy) is 1. The van der Waals surface area contributed by atoms with E-state index in [1.54, 1.807) is 0 Å². The van der Waals surface area contributed by atoms with E-state index in [1.807, 2.05) is 0 Å². The van der Waals surface area contributed by atoms with Crippen molar-refractivity contribution in [2.45, 2.75) is 31.5 Å². The zero-order valence-electron chi connectivity index (χ0n) is 8.96. The van der Waals surface area contributed by atoms with E-state index in [2.05, 4.69) is 20.2 Å². The molecule has 1 fully saturated rings. The maximum absolute atomic E-state index is 11.8. The van der Waals surface area contributed by atoms with E-state index in [9.17, 15) is 13.2 Å². The summed E-state index contributed by atoms with van der Waals surface area (Å²) in [6.45, 7) is -1.33. The Bertz CT molecular complexity index is 363. The lowest BCUT2D eigenvalue weighted by Crippen LogP contribution is -2.18. The summed E-state index contributed by atoms with van der Waals surface area (Å²) in [5, 5.41) is 6.61. The molecule has 0 atom stereocenters. The van der Waals surface area contributed by atoms with E-state index in [-0.39, 0.29) is 13.0 Å². The summed E-state index contributed by atoms with van der Waals surface area (Å²) in [5.41, 5.74) is 0. The van der Waals surface area contributed by atoms with Crippen molar-refractivity contribution in [2.24, 2.45) is 0 Å². The van der Waals surface area contributed by atoms with Gasteiger partial charge in [-0.05, 0) is 12.8 Å². The van der Waals surface area contributed by atoms with Gasteiger partial charge >= 0.3 is 12.2 Å². The van der Waals surface area contributed by atoms with E-state index in [0.29, 0.717) is 17.9 Å². The Hall–Kier alpha value is -1.31. The van der Waals surface area contributed by atoms with Gasteiger partial charge in [0.15, 0.2) is 5.82 Å². The Kier molecular flexibility index (Phi) is 3.51. The Balaban J connectivity index is 1.66. The average molecular weight is 251 g/mol. The van der Waals surface area contributed by atoms with Gasteiger partial charge in [0, 0.05) is 12.5 Å². The van der Waals surface area contributed by atoms with Gasteiger partial charge in [0.25, 0.3) is 0 Å². The van der Waals surface area contributed by atoms with E-state index in [0.717, 1.165) is 12.8 Å². The Morgan fingerprint density at radius 1 is 1.41 bits per heavy atom. The van der Waals surface area contributed by atoms with Crippen molar-refractivity contribution in [1.82, 2.24) is 10.1 Å². The van der Waals surface area contributed by atoms with Crippen LogP contribution in [-0.2, 0) is 11.2 Å². The molecule has 1 aromatic rings. The summed E-state index contributed by atoms with van der Waals surface area (Å²) >= 11 is 0. The van der Waals surface area contributed by atoms with Crippen LogP contribution in [0.3, 0.4) is 0 Å². The van der Waals surface area contributed by atoms with Gasteiger partial charge in [-0.1, -0.05) is 5.16 Å². The Morgan fingerprint density at radius 3 is 2.82 bits per heavy atom. The summed E-state index contributed by atoms with van der Waals surface area (Å²) in [4.78, 5) is 3.97. The standard InChI is InChI=1S/C9H12F3N3O2/c10-9(11,12)5-16-4-3-7-14-8(17-15-7)13-6-1-2-6/h6H,1-5H2,(H,13,14,15). The minimum Gasteiger partial charge on any atom is -0.372 e. The number of halogens is 3. The van der Waals surface area contributed by atoms with Crippen molar-refractivity contribution in [3.63, 3.8) is 0 Å². The highest BCUT2D eigenvalue weighted by atomic mass is 19.4. The number of nitrogens with one attached hydrogen (secondary N) is 1. The molecule has 1 N–H and O–H groups in total. The van der Waals surface area contributed by atoms with Crippen LogP contribution >= 0.6 is 0 Å². The third-order valence-corrected chi connectivity index (χ3v) is 2.11. The largest absolute Gasteiger partial charge is 0.411 e. The van der Waals surface area contributed by atoms with Crippen molar-refractivity contribution < 1.29 is 22.4 Å². The Morgan fingerprint density at radius 2 is 2.18 bits per heavy atom. The molecule has 0 aliphatic heterocycles. The van der Waals surface area contributed by atoms with Gasteiger partial charge in [0.2, 0.25) is 0 Å². The van der Waals surface area contributed by atoms with Crippen molar-refractivity contribution in [3.8, 4) is 0 Å². The van der Waals surface area contributed by atoms with Gasteiger partial charge in [0.1, 0.15) is 6.61 Å². The highest BCUT2D eigenvalue weighted by Crippen LogP contribution is 2.23. The van der Waals surface area contributed by atoms with Crippen LogP contribution in [0.25, 0.3) is 0 Å². The summed E-state index contributed by atoms with van der Waals surface area (Å²) in [6.07, 6.45) is -1.94. The van der Waals surface area contributed by atoms with Crippen LogP contribution in [0.5, 0.6) is 0 Å². The molecular weight excluding hydrogens is 239 g/mol. The molecule has 8 heteroatoms. The van der Waals surface area contributed by atoms with Crippen LogP contribution in [0.4, 0.5) is 19.2 Å². The van der Waals surface area contributed by atoms with Crippen LogP contribution < -0.4 is 5.32 Å². The van der Waals surface area contributed by atoms with Crippen molar-refractivity contribution in [2.75, 3.05) is 18.5 Å². The van der Waals surface area contributed by atoms with Crippen molar-refractivity contribution in [3.05, 3.63) is 5.82 Å². The van der Waals surface area contributed by atoms with Gasteiger partial charge in [-0.2, -0.15) is 18.2 Å². The zero-order chi connectivity index (χ0) is 12.3. The summed E-state index contributed by atoms with van der Waals surface area (Å²) in [7, 11) is 0. The molecule has 0 saturated heterocycles. The van der Waals surface area contributed by atoms with E-state index in [4.69, 9.17) is 4.52 Å². The molecular formula is C9H12F3N3O2. The molecule has 2 rings (SSSR count). The lowest BCUT2D eigenvalue weighted by molar-refractivity contribution is -0.173. The lowest BCUT2D eigenvalue weighted by Gasteiger charge is -2.05. The fourth-order valence-corrected chi connectivity index (χ4v) is 1.17. The van der Waals surface area contributed by atoms with Crippen molar-refractivity contribution in [1.29, 1.82) is 0 Å². The predicted molar refractivity (Wildman–Crippen MR) is 51.5 cm³/mol. The maximum Gasteiger partial charge on any atom is 0.411 e. The van der Waals surface area contributed by atoms with E-state index in [1.165, 1.54) is 0 Å². The monoisotopic (exact) mass is 251 g/mol. The summed E-state index contributed by atoms with van der Waals surface area (Å²) in [6, 6.07) is 0.711. The number of anilines is 1. The van der Waals surface area contributed by atoms with Gasteiger partial charge < -0.3 is 14.6 Å². The van der Waals surface area contributed by atoms with Crippen molar-refractivity contribution >= 4 is 6.01 Å². The molecule has 0 spiro atoms. The second-order valence-electron chi connectivity index (χ2n) is 3.85. The minimum absolute atomic E-state index is 0.0814. The SMILES string of the molecule is FC(F)(F)COCCc1noc(NC2CC2)n1. The molecule has 1 heterocycles. The number of hydrogen-bond donors (Lipinski definition) is 1. The normalized spacial score (nSPS) is 16.2. The topological polar surface area (TPSA) is 60.2 Å². The van der Waals surface area contributed by atoms with Crippen LogP contribution in [0.1, 0.15) is 18.7 Å². The number of rotatable bonds is 6. The number of aromatic nitrogens is 2. The molecule has 5 nitrogen and oxygen atoms in total. The second kappa shape index (κ2) is 4.91. The van der Waals surface area contributed by atoms with Gasteiger partial charge in [-0.25, -0.2) is 0 Å². The van der Waals surface area contributed by atoms with Crippen LogP contribution in [0.2, 0.25) is 0 Å². The zero-order valence-corrected chi connectivity index (χ0v) is 8.96. The molecule has 96 valence electrons. The molecule has 1 saturated carbocycles. The molecule has 17 heavy (non-hydrogen) atoms. The van der Waals surface area contributed by atoms with Gasteiger partial charge in [0.05, 0.1) is 6.61 Å². The molecule has 1 aliphatic carbocycles. The van der Waals surface area contributed by atoms with Crippen LogP contribution in [-0.4, -0.2) is 35.6 Å². The minimum atomic E-state index is -4.30. The Labute approximate surface area is 95.3 Å². The van der Waals surface area contributed by atoms with Crippen LogP contribution in [0.15, 0.2) is 4.52 Å². The molecule has 0 amide bonds. The first-order valence-corrected chi connectivity index (χ1v) is 5.26. The highest BCUT2D eigenvalue weighted by Gasteiger charge is 2.27. The molecule has 0 unspecified atom stereocenters. The lowest BCUT2D eigenvalue weighted by atomic mass is 10.4. The van der Waals surface area contributed by atoms with Gasteiger partial charge in [-0.15, -0.1) is 0 Å². The van der Waals surface area contributed by atoms with Crippen LogP contribution in [0, 0.1) is 0 Å². The third kappa shape index (κ3) is 4.59. The second-order valence-corrected chi connectivity index (χ2v) is 3.85.